The lowest BCUT2D eigenvalue weighted by Crippen LogP contribution is -2.46. The van der Waals surface area contributed by atoms with Gasteiger partial charge in [0.25, 0.3) is 0 Å². The van der Waals surface area contributed by atoms with E-state index < -0.39 is 0 Å². The highest BCUT2D eigenvalue weighted by molar-refractivity contribution is 5.88. The van der Waals surface area contributed by atoms with Crippen LogP contribution in [-0.4, -0.2) is 68.6 Å². The molecule has 1 atom stereocenters. The highest BCUT2D eigenvalue weighted by Gasteiger charge is 2.27. The van der Waals surface area contributed by atoms with Gasteiger partial charge < -0.3 is 10.1 Å². The van der Waals surface area contributed by atoms with Crippen molar-refractivity contribution in [3.8, 4) is 11.3 Å². The molecule has 6 rings (SSSR count). The first-order valence-electron chi connectivity index (χ1n) is 13.7. The molecule has 0 aromatic carbocycles. The lowest BCUT2D eigenvalue weighted by Gasteiger charge is -2.38. The van der Waals surface area contributed by atoms with Gasteiger partial charge in [-0.3, -0.25) is 14.9 Å². The molecule has 1 saturated carbocycles. The van der Waals surface area contributed by atoms with Gasteiger partial charge in [0.2, 0.25) is 5.95 Å². The molecule has 1 N–H and O–H groups in total. The van der Waals surface area contributed by atoms with E-state index in [0.29, 0.717) is 23.9 Å². The first-order valence-corrected chi connectivity index (χ1v) is 13.7. The summed E-state index contributed by atoms with van der Waals surface area (Å²) in [5.41, 5.74) is 6.37. The Balaban J connectivity index is 1.16. The van der Waals surface area contributed by atoms with E-state index in [-0.39, 0.29) is 0 Å². The van der Waals surface area contributed by atoms with Crippen LogP contribution in [0.4, 0.5) is 11.6 Å². The number of rotatable bonds is 6. The van der Waals surface area contributed by atoms with Gasteiger partial charge in [-0.15, -0.1) is 5.10 Å². The fraction of sp³-hybridized carbons (Fsp3) is 0.571. The second-order valence-corrected chi connectivity index (χ2v) is 10.6. The van der Waals surface area contributed by atoms with Gasteiger partial charge in [-0.1, -0.05) is 13.3 Å². The largest absolute Gasteiger partial charge is 0.379 e. The van der Waals surface area contributed by atoms with Crippen LogP contribution < -0.4 is 5.32 Å². The van der Waals surface area contributed by atoms with Crippen molar-refractivity contribution < 1.29 is 4.74 Å². The number of hydrogen-bond acceptors (Lipinski definition) is 7. The molecule has 190 valence electrons. The van der Waals surface area contributed by atoms with E-state index in [0.717, 1.165) is 86.6 Å². The minimum Gasteiger partial charge on any atom is -0.379 e. The van der Waals surface area contributed by atoms with E-state index in [4.69, 9.17) is 24.8 Å². The third kappa shape index (κ3) is 4.76. The molecule has 0 radical (unpaired) electrons. The maximum absolute atomic E-state index is 5.52. The van der Waals surface area contributed by atoms with Crippen molar-refractivity contribution in [3.63, 3.8) is 0 Å². The summed E-state index contributed by atoms with van der Waals surface area (Å²) in [5, 5.41) is 8.38. The van der Waals surface area contributed by atoms with Gasteiger partial charge >= 0.3 is 0 Å². The van der Waals surface area contributed by atoms with E-state index in [1.54, 1.807) is 0 Å². The number of hydrogen-bond donors (Lipinski definition) is 1. The number of fused-ring (bicyclic) bond motifs is 2. The molecule has 0 spiro atoms. The minimum absolute atomic E-state index is 0.427. The van der Waals surface area contributed by atoms with Gasteiger partial charge in [-0.2, -0.15) is 0 Å². The fourth-order valence-corrected chi connectivity index (χ4v) is 6.20. The lowest BCUT2D eigenvalue weighted by molar-refractivity contribution is 0.00790. The quantitative estimate of drug-likeness (QED) is 0.513. The standard InChI is InChI=1S/C28H37N7O/c1-3-4-20-17-19(2)30-25-10-9-24(32-27(20)25)23-11-12-35-26(23)18-29-28(33-35)31-21-5-7-22(8-6-21)34-13-15-36-16-14-34/h9-12,18,20-22H,3-8,13-17H2,1-2H3,(H,31,33). The van der Waals surface area contributed by atoms with Crippen LogP contribution in [0.3, 0.4) is 0 Å². The summed E-state index contributed by atoms with van der Waals surface area (Å²) < 4.78 is 7.44. The van der Waals surface area contributed by atoms with Crippen molar-refractivity contribution in [2.45, 2.75) is 76.8 Å². The van der Waals surface area contributed by atoms with Gasteiger partial charge in [0.05, 0.1) is 42.0 Å². The highest BCUT2D eigenvalue weighted by Crippen LogP contribution is 2.38. The molecule has 3 aliphatic rings. The smallest absolute Gasteiger partial charge is 0.241 e. The summed E-state index contributed by atoms with van der Waals surface area (Å²) in [5.74, 6) is 1.15. The monoisotopic (exact) mass is 487 g/mol. The summed E-state index contributed by atoms with van der Waals surface area (Å²) in [4.78, 5) is 17.2. The summed E-state index contributed by atoms with van der Waals surface area (Å²) in [6.45, 7) is 8.26. The van der Waals surface area contributed by atoms with E-state index in [2.05, 4.69) is 42.3 Å². The van der Waals surface area contributed by atoms with Gasteiger partial charge in [-0.25, -0.2) is 9.50 Å². The van der Waals surface area contributed by atoms with E-state index in [9.17, 15) is 0 Å². The van der Waals surface area contributed by atoms with Crippen LogP contribution in [0.15, 0.2) is 35.6 Å². The van der Waals surface area contributed by atoms with E-state index >= 15 is 0 Å². The number of nitrogens with one attached hydrogen (secondary N) is 1. The predicted molar refractivity (Wildman–Crippen MR) is 143 cm³/mol. The number of aliphatic imine (C=N–C) groups is 1. The van der Waals surface area contributed by atoms with Crippen molar-refractivity contribution >= 4 is 22.9 Å². The fourth-order valence-electron chi connectivity index (χ4n) is 6.20. The van der Waals surface area contributed by atoms with Gasteiger partial charge in [0.15, 0.2) is 0 Å². The molecule has 1 unspecified atom stereocenters. The topological polar surface area (TPSA) is 79.9 Å². The Morgan fingerprint density at radius 1 is 1.08 bits per heavy atom. The predicted octanol–water partition coefficient (Wildman–Crippen LogP) is 5.23. The van der Waals surface area contributed by atoms with Crippen LogP contribution in [0.1, 0.15) is 70.4 Å². The normalized spacial score (nSPS) is 24.9. The third-order valence-corrected chi connectivity index (χ3v) is 8.06. The Morgan fingerprint density at radius 2 is 1.92 bits per heavy atom. The van der Waals surface area contributed by atoms with Gasteiger partial charge in [-0.05, 0) is 63.6 Å². The SMILES string of the molecule is CCCC1CC(C)=Nc2ccc(-c3ccn4nc(NC5CCC(N6CCOCC6)CC5)ncc34)nc21. The van der Waals surface area contributed by atoms with Crippen LogP contribution >= 0.6 is 0 Å². The summed E-state index contributed by atoms with van der Waals surface area (Å²) >= 11 is 0. The molecule has 5 heterocycles. The second-order valence-electron chi connectivity index (χ2n) is 10.6. The molecule has 3 aromatic rings. The van der Waals surface area contributed by atoms with Crippen molar-refractivity contribution in [1.29, 1.82) is 0 Å². The molecule has 1 saturated heterocycles. The number of pyridine rings is 1. The molecule has 1 aliphatic carbocycles. The number of aromatic nitrogens is 4. The van der Waals surface area contributed by atoms with Crippen LogP contribution in [0.2, 0.25) is 0 Å². The van der Waals surface area contributed by atoms with E-state index in [1.165, 1.54) is 18.6 Å². The zero-order valence-electron chi connectivity index (χ0n) is 21.5. The molecule has 2 aliphatic heterocycles. The number of nitrogens with zero attached hydrogens (tertiary/aromatic N) is 6. The van der Waals surface area contributed by atoms with Gasteiger partial charge in [0.1, 0.15) is 0 Å². The summed E-state index contributed by atoms with van der Waals surface area (Å²) in [7, 11) is 0. The highest BCUT2D eigenvalue weighted by atomic mass is 16.5. The van der Waals surface area contributed by atoms with Crippen LogP contribution in [0, 0.1) is 0 Å². The Bertz CT molecular complexity index is 1240. The molecular formula is C28H37N7O. The van der Waals surface area contributed by atoms with Crippen LogP contribution in [0.5, 0.6) is 0 Å². The summed E-state index contributed by atoms with van der Waals surface area (Å²) in [6.07, 6.45) is 12.0. The van der Waals surface area contributed by atoms with Crippen LogP contribution in [-0.2, 0) is 4.74 Å². The minimum atomic E-state index is 0.427. The molecule has 3 aromatic heterocycles. The molecule has 36 heavy (non-hydrogen) atoms. The summed E-state index contributed by atoms with van der Waals surface area (Å²) in [6, 6.07) is 7.42. The molecule has 0 bridgehead atoms. The molecule has 8 heteroatoms. The number of ether oxygens (including phenoxy) is 1. The van der Waals surface area contributed by atoms with Crippen molar-refractivity contribution in [1.82, 2.24) is 24.5 Å². The molecule has 0 amide bonds. The average molecular weight is 488 g/mol. The van der Waals surface area contributed by atoms with Crippen molar-refractivity contribution in [3.05, 3.63) is 36.3 Å². The maximum atomic E-state index is 5.52. The lowest BCUT2D eigenvalue weighted by atomic mass is 9.90. The first-order chi connectivity index (χ1) is 17.7. The Morgan fingerprint density at radius 3 is 2.72 bits per heavy atom. The molecule has 2 fully saturated rings. The molecular weight excluding hydrogens is 450 g/mol. The number of anilines is 1. The average Bonchev–Trinajstić information content (AvgIpc) is 3.33. The van der Waals surface area contributed by atoms with Crippen molar-refractivity contribution in [2.24, 2.45) is 4.99 Å². The number of morpholine rings is 1. The van der Waals surface area contributed by atoms with Crippen LogP contribution in [0.25, 0.3) is 16.8 Å². The maximum Gasteiger partial charge on any atom is 0.241 e. The Hall–Kier alpha value is -2.84. The first kappa shape index (κ1) is 23.6. The van der Waals surface area contributed by atoms with Gasteiger partial charge in [0, 0.05) is 48.6 Å². The zero-order valence-corrected chi connectivity index (χ0v) is 21.5. The van der Waals surface area contributed by atoms with Crippen molar-refractivity contribution in [2.75, 3.05) is 31.6 Å². The zero-order chi connectivity index (χ0) is 24.5. The Kier molecular flexibility index (Phi) is 6.71. The Labute approximate surface area is 213 Å². The second kappa shape index (κ2) is 10.3. The third-order valence-electron chi connectivity index (χ3n) is 8.06. The molecule has 8 nitrogen and oxygen atoms in total. The van der Waals surface area contributed by atoms with E-state index in [1.807, 2.05) is 16.9 Å².